The van der Waals surface area contributed by atoms with Crippen LogP contribution < -0.4 is 5.73 Å². The van der Waals surface area contributed by atoms with Gasteiger partial charge in [-0.05, 0) is 0 Å². The Morgan fingerprint density at radius 3 is 1.73 bits per heavy atom. The molecule has 3 N–H and O–H groups in total. The smallest absolute Gasteiger partial charge is 0 e. The molecule has 0 fully saturated rings. The van der Waals surface area contributed by atoms with Gasteiger partial charge >= 0.3 is 0 Å². The van der Waals surface area contributed by atoms with Crippen molar-refractivity contribution in [1.29, 1.82) is 5.41 Å². The minimum Gasteiger partial charge on any atom is -0.412 e. The average Bonchev–Trinajstić information content (AvgIpc) is 1.90. The molecule has 0 aliphatic carbocycles. The van der Waals surface area contributed by atoms with Gasteiger partial charge in [-0.3, -0.25) is 0 Å². The van der Waals surface area contributed by atoms with Gasteiger partial charge in [0.1, 0.15) is 0 Å². The Bertz CT molecular complexity index is 144. The van der Waals surface area contributed by atoms with Crippen LogP contribution in [0.4, 0.5) is 0 Å². The number of amidine groups is 1. The summed E-state index contributed by atoms with van der Waals surface area (Å²) < 4.78 is 0. The topological polar surface area (TPSA) is 49.9 Å². The molecule has 0 aromatic heterocycles. The number of hydrogen-bond donors (Lipinski definition) is 2. The molecule has 0 aliphatic rings. The molecule has 0 spiro atoms. The van der Waals surface area contributed by atoms with Crippen LogP contribution in [0.2, 0.25) is 0 Å². The Balaban J connectivity index is 0. The first-order chi connectivity index (χ1) is 4.73. The molecule has 1 radical (unpaired) electrons. The van der Waals surface area contributed by atoms with Gasteiger partial charge in [0, 0.05) is 32.7 Å². The zero-order valence-electron chi connectivity index (χ0n) is 6.25. The largest absolute Gasteiger partial charge is 0.412 e. The first kappa shape index (κ1) is 13.3. The molecule has 1 aromatic rings. The molecule has 11 heavy (non-hydrogen) atoms. The number of hydrogen-bond acceptors (Lipinski definition) is 1. The maximum absolute atomic E-state index is 6.17. The van der Waals surface area contributed by atoms with Crippen LogP contribution >= 0.6 is 0 Å². The molecule has 0 amide bonds. The van der Waals surface area contributed by atoms with Crippen molar-refractivity contribution in [2.45, 2.75) is 0 Å². The van der Waals surface area contributed by atoms with E-state index >= 15 is 0 Å². The standard InChI is InChI=1S/C6H5.C2H5N2.Y/c1-2-4-6-5-3-1;1-2(3)4;/h1-5H;1H2,(H3,3,4);/q2*-1;. The van der Waals surface area contributed by atoms with Crippen LogP contribution in [0.15, 0.2) is 30.3 Å². The van der Waals surface area contributed by atoms with Gasteiger partial charge in [0.05, 0.1) is 0 Å². The van der Waals surface area contributed by atoms with E-state index in [1.165, 1.54) is 0 Å². The quantitative estimate of drug-likeness (QED) is 0.388. The summed E-state index contributed by atoms with van der Waals surface area (Å²) >= 11 is 0. The molecule has 0 saturated carbocycles. The van der Waals surface area contributed by atoms with Crippen LogP contribution in [0.5, 0.6) is 0 Å². The monoisotopic (exact) mass is 223 g/mol. The zero-order chi connectivity index (χ0) is 7.82. The summed E-state index contributed by atoms with van der Waals surface area (Å²) in [6.07, 6.45) is 0. The van der Waals surface area contributed by atoms with Crippen LogP contribution in [0.3, 0.4) is 0 Å². The fourth-order valence-electron chi connectivity index (χ4n) is 0.342. The summed E-state index contributed by atoms with van der Waals surface area (Å²) in [5.41, 5.74) is 4.58. The second kappa shape index (κ2) is 9.66. The van der Waals surface area contributed by atoms with Crippen molar-refractivity contribution in [1.82, 2.24) is 0 Å². The van der Waals surface area contributed by atoms with Gasteiger partial charge < -0.3 is 18.1 Å². The second-order valence-corrected chi connectivity index (χ2v) is 1.60. The number of nitrogens with two attached hydrogens (primary N) is 1. The van der Waals surface area contributed by atoms with Gasteiger partial charge in [-0.25, -0.2) is 0 Å². The normalized spacial score (nSPS) is 6.55. The fraction of sp³-hybridized carbons (Fsp3) is 0. The van der Waals surface area contributed by atoms with E-state index in [0.29, 0.717) is 0 Å². The van der Waals surface area contributed by atoms with Crippen LogP contribution in [-0.2, 0) is 32.7 Å². The molecule has 0 unspecified atom stereocenters. The van der Waals surface area contributed by atoms with Crippen molar-refractivity contribution in [3.63, 3.8) is 0 Å². The average molecular weight is 223 g/mol. The van der Waals surface area contributed by atoms with Gasteiger partial charge in [0.15, 0.2) is 0 Å². The molecule has 57 valence electrons. The van der Waals surface area contributed by atoms with Gasteiger partial charge in [-0.15, -0.1) is 0 Å². The number of rotatable bonds is 0. The van der Waals surface area contributed by atoms with E-state index in [9.17, 15) is 0 Å². The maximum Gasteiger partial charge on any atom is 0 e. The van der Waals surface area contributed by atoms with E-state index in [1.807, 2.05) is 30.3 Å². The summed E-state index contributed by atoms with van der Waals surface area (Å²) in [6.45, 7) is 3.00. The predicted octanol–water partition coefficient (Wildman–Crippen LogP) is 1.24. The molecule has 0 bridgehead atoms. The Labute approximate surface area is 92.6 Å². The van der Waals surface area contributed by atoms with E-state index in [4.69, 9.17) is 5.41 Å². The fourth-order valence-corrected chi connectivity index (χ4v) is 0.342. The SMILES string of the molecule is [CH2-]C(=N)N.[Y].[c-]1ccccc1. The summed E-state index contributed by atoms with van der Waals surface area (Å²) in [4.78, 5) is 0. The molecule has 2 nitrogen and oxygen atoms in total. The molecule has 1 rings (SSSR count). The molecular weight excluding hydrogens is 213 g/mol. The van der Waals surface area contributed by atoms with Crippen LogP contribution in [-0.4, -0.2) is 5.84 Å². The minimum atomic E-state index is -0.0833. The summed E-state index contributed by atoms with van der Waals surface area (Å²) in [5.74, 6) is -0.0833. The first-order valence-electron chi connectivity index (χ1n) is 2.80. The molecule has 0 saturated heterocycles. The second-order valence-electron chi connectivity index (χ2n) is 1.60. The van der Waals surface area contributed by atoms with Crippen molar-refractivity contribution in [2.24, 2.45) is 5.73 Å². The molecule has 3 heteroatoms. The summed E-state index contributed by atoms with van der Waals surface area (Å²) in [7, 11) is 0. The molecule has 0 heterocycles. The molecular formula is C8H10N2Y-2. The maximum atomic E-state index is 6.17. The van der Waals surface area contributed by atoms with Crippen molar-refractivity contribution in [2.75, 3.05) is 0 Å². The van der Waals surface area contributed by atoms with Crippen molar-refractivity contribution < 1.29 is 32.7 Å². The van der Waals surface area contributed by atoms with Gasteiger partial charge in [-0.1, -0.05) is 5.84 Å². The Kier molecular flexibility index (Phi) is 11.7. The predicted molar refractivity (Wildman–Crippen MR) is 42.5 cm³/mol. The van der Waals surface area contributed by atoms with E-state index in [1.54, 1.807) is 0 Å². The first-order valence-corrected chi connectivity index (χ1v) is 2.80. The third kappa shape index (κ3) is 17.7. The van der Waals surface area contributed by atoms with Crippen molar-refractivity contribution in [3.05, 3.63) is 43.3 Å². The van der Waals surface area contributed by atoms with E-state index < -0.39 is 0 Å². The molecule has 1 aromatic carbocycles. The third-order valence-corrected chi connectivity index (χ3v) is 0.607. The third-order valence-electron chi connectivity index (χ3n) is 0.607. The van der Waals surface area contributed by atoms with Crippen LogP contribution in [0.25, 0.3) is 0 Å². The Morgan fingerprint density at radius 1 is 1.27 bits per heavy atom. The van der Waals surface area contributed by atoms with Crippen LogP contribution in [0.1, 0.15) is 0 Å². The summed E-state index contributed by atoms with van der Waals surface area (Å²) in [5, 5.41) is 6.17. The van der Waals surface area contributed by atoms with Crippen molar-refractivity contribution >= 4 is 5.84 Å². The Hall–Kier alpha value is -0.336. The molecule has 0 atom stereocenters. The van der Waals surface area contributed by atoms with Crippen LogP contribution in [0, 0.1) is 18.4 Å². The zero-order valence-corrected chi connectivity index (χ0v) is 9.09. The van der Waals surface area contributed by atoms with E-state index in [-0.39, 0.29) is 38.5 Å². The van der Waals surface area contributed by atoms with Gasteiger partial charge in [0.2, 0.25) is 0 Å². The summed E-state index contributed by atoms with van der Waals surface area (Å²) in [6, 6.07) is 12.5. The molecule has 0 aliphatic heterocycles. The van der Waals surface area contributed by atoms with Gasteiger partial charge in [-0.2, -0.15) is 36.4 Å². The minimum absolute atomic E-state index is 0. The number of nitrogens with one attached hydrogen (secondary N) is 1. The van der Waals surface area contributed by atoms with Gasteiger partial charge in [0.25, 0.3) is 0 Å². The Morgan fingerprint density at radius 2 is 1.64 bits per heavy atom. The van der Waals surface area contributed by atoms with E-state index in [0.717, 1.165) is 0 Å². The van der Waals surface area contributed by atoms with Crippen molar-refractivity contribution in [3.8, 4) is 0 Å². The van der Waals surface area contributed by atoms with E-state index in [2.05, 4.69) is 18.7 Å². The number of benzene rings is 1.